The van der Waals surface area contributed by atoms with Gasteiger partial charge >= 0.3 is 29.6 Å². The van der Waals surface area contributed by atoms with Crippen molar-refractivity contribution in [3.63, 3.8) is 0 Å². The van der Waals surface area contributed by atoms with Crippen LogP contribution in [-0.2, 0) is 10.1 Å². The first kappa shape index (κ1) is 17.5. The van der Waals surface area contributed by atoms with Gasteiger partial charge in [0.15, 0.2) is 0 Å². The van der Waals surface area contributed by atoms with E-state index < -0.39 is 10.1 Å². The maximum absolute atomic E-state index is 9.08. The molecule has 0 atom stereocenters. The smallest absolute Gasteiger partial charge is 0.748 e. The van der Waals surface area contributed by atoms with E-state index in [2.05, 4.69) is 39.0 Å². The molecule has 0 aliphatic rings. The molecule has 0 bridgehead atoms. The Hall–Kier alpha value is 0.130. The summed E-state index contributed by atoms with van der Waals surface area (Å²) in [6, 6.07) is 6.38. The van der Waals surface area contributed by atoms with E-state index in [4.69, 9.17) is 13.0 Å². The molecule has 80 valence electrons. The van der Waals surface area contributed by atoms with Crippen molar-refractivity contribution in [1.29, 1.82) is 0 Å². The molecule has 0 saturated carbocycles. The normalized spacial score (nSPS) is 9.67. The second-order valence-corrected chi connectivity index (χ2v) is 4.63. The van der Waals surface area contributed by atoms with E-state index in [0.29, 0.717) is 6.26 Å². The van der Waals surface area contributed by atoms with Gasteiger partial charge in [0, 0.05) is 6.26 Å². The maximum atomic E-state index is 9.08. The van der Waals surface area contributed by atoms with Crippen LogP contribution in [0.3, 0.4) is 0 Å². The fourth-order valence-electron chi connectivity index (χ4n) is 0.898. The van der Waals surface area contributed by atoms with Crippen LogP contribution in [0.2, 0.25) is 0 Å². The predicted octanol–water partition coefficient (Wildman–Crippen LogP) is -1.22. The Balaban J connectivity index is 0. The molecule has 15 heavy (non-hydrogen) atoms. The van der Waals surface area contributed by atoms with Crippen LogP contribution in [-0.4, -0.2) is 19.2 Å². The van der Waals surface area contributed by atoms with Crippen LogP contribution in [0.25, 0.3) is 0 Å². The minimum Gasteiger partial charge on any atom is -0.748 e. The summed E-state index contributed by atoms with van der Waals surface area (Å²) >= 11 is 0. The zero-order chi connectivity index (χ0) is 11.4. The average molecular weight is 238 g/mol. The van der Waals surface area contributed by atoms with Crippen molar-refractivity contribution in [2.75, 3.05) is 6.26 Å². The summed E-state index contributed by atoms with van der Waals surface area (Å²) in [5, 5.41) is 0. The average Bonchev–Trinajstić information content (AvgIpc) is 1.97. The molecule has 0 saturated heterocycles. The zero-order valence-electron chi connectivity index (χ0n) is 9.87. The van der Waals surface area contributed by atoms with Crippen molar-refractivity contribution < 1.29 is 42.5 Å². The van der Waals surface area contributed by atoms with Crippen molar-refractivity contribution in [3.05, 3.63) is 34.9 Å². The van der Waals surface area contributed by atoms with Crippen molar-refractivity contribution in [2.24, 2.45) is 0 Å². The third kappa shape index (κ3) is 10.4. The SMILES string of the molecule is CS(=O)(=O)[O-].Cc1cccc(C)c1C.[Na+]. The molecule has 0 unspecified atom stereocenters. The van der Waals surface area contributed by atoms with Crippen LogP contribution in [0.15, 0.2) is 18.2 Å². The molecule has 3 nitrogen and oxygen atoms in total. The van der Waals surface area contributed by atoms with Crippen LogP contribution in [0, 0.1) is 20.8 Å². The fraction of sp³-hybridized carbons (Fsp3) is 0.400. The molecule has 1 aromatic rings. The molecule has 1 rings (SSSR count). The Bertz CT molecular complexity index is 371. The summed E-state index contributed by atoms with van der Waals surface area (Å²) in [5.74, 6) is 0. The third-order valence-corrected chi connectivity index (χ3v) is 1.88. The Morgan fingerprint density at radius 2 is 1.33 bits per heavy atom. The van der Waals surface area contributed by atoms with Crippen LogP contribution < -0.4 is 29.6 Å². The van der Waals surface area contributed by atoms with Gasteiger partial charge < -0.3 is 4.55 Å². The standard InChI is InChI=1S/C9H12.CH4O3S.Na/c1-7-5-4-6-8(2)9(7)3;1-5(2,3)4;/h4-6H,1-3H3;1H3,(H,2,3,4);/q;;+1/p-1. The van der Waals surface area contributed by atoms with Gasteiger partial charge in [0.2, 0.25) is 0 Å². The first-order valence-electron chi connectivity index (χ1n) is 4.15. The summed E-state index contributed by atoms with van der Waals surface area (Å²) in [5.41, 5.74) is 4.18. The minimum absolute atomic E-state index is 0. The van der Waals surface area contributed by atoms with Gasteiger partial charge in [-0.1, -0.05) is 18.2 Å². The van der Waals surface area contributed by atoms with Crippen LogP contribution >= 0.6 is 0 Å². The van der Waals surface area contributed by atoms with Gasteiger partial charge in [-0.15, -0.1) is 0 Å². The van der Waals surface area contributed by atoms with Gasteiger partial charge in [0.25, 0.3) is 0 Å². The van der Waals surface area contributed by atoms with E-state index in [1.54, 1.807) is 0 Å². The Kier molecular flexibility index (Phi) is 8.66. The van der Waals surface area contributed by atoms with Gasteiger partial charge in [-0.05, 0) is 37.5 Å². The van der Waals surface area contributed by atoms with Gasteiger partial charge in [0.1, 0.15) is 0 Å². The molecule has 0 amide bonds. The molecule has 5 heteroatoms. The van der Waals surface area contributed by atoms with Crippen molar-refractivity contribution in [1.82, 2.24) is 0 Å². The van der Waals surface area contributed by atoms with Crippen molar-refractivity contribution in [3.8, 4) is 0 Å². The Labute approximate surface area is 114 Å². The maximum Gasteiger partial charge on any atom is 1.00 e. The molecule has 0 aromatic heterocycles. The fourth-order valence-corrected chi connectivity index (χ4v) is 0.898. The quantitative estimate of drug-likeness (QED) is 0.420. The molecular formula is C10H15NaO3S. The van der Waals surface area contributed by atoms with E-state index >= 15 is 0 Å². The van der Waals surface area contributed by atoms with Gasteiger partial charge in [-0.3, -0.25) is 0 Å². The molecule has 0 spiro atoms. The van der Waals surface area contributed by atoms with E-state index in [9.17, 15) is 0 Å². The molecule has 1 aromatic carbocycles. The monoisotopic (exact) mass is 238 g/mol. The number of aryl methyl sites for hydroxylation is 2. The molecule has 0 fully saturated rings. The summed E-state index contributed by atoms with van der Waals surface area (Å²) in [7, 11) is -3.92. The number of rotatable bonds is 0. The topological polar surface area (TPSA) is 57.2 Å². The van der Waals surface area contributed by atoms with E-state index in [-0.39, 0.29) is 29.6 Å². The van der Waals surface area contributed by atoms with Crippen molar-refractivity contribution in [2.45, 2.75) is 20.8 Å². The van der Waals surface area contributed by atoms with Crippen LogP contribution in [0.4, 0.5) is 0 Å². The Morgan fingerprint density at radius 3 is 1.53 bits per heavy atom. The number of benzene rings is 1. The second-order valence-electron chi connectivity index (χ2n) is 3.22. The molecule has 0 aliphatic heterocycles. The third-order valence-electron chi connectivity index (χ3n) is 1.88. The summed E-state index contributed by atoms with van der Waals surface area (Å²) in [6.07, 6.45) is 0.604. The molecular weight excluding hydrogens is 223 g/mol. The van der Waals surface area contributed by atoms with E-state index in [1.165, 1.54) is 16.7 Å². The van der Waals surface area contributed by atoms with E-state index in [0.717, 1.165) is 0 Å². The minimum atomic E-state index is -3.92. The van der Waals surface area contributed by atoms with Gasteiger partial charge in [-0.2, -0.15) is 0 Å². The number of hydrogen-bond donors (Lipinski definition) is 0. The molecule has 0 radical (unpaired) electrons. The summed E-state index contributed by atoms with van der Waals surface area (Å²) in [4.78, 5) is 0. The van der Waals surface area contributed by atoms with Crippen LogP contribution in [0.1, 0.15) is 16.7 Å². The zero-order valence-corrected chi connectivity index (χ0v) is 12.7. The van der Waals surface area contributed by atoms with E-state index in [1.807, 2.05) is 0 Å². The van der Waals surface area contributed by atoms with Crippen molar-refractivity contribution >= 4 is 10.1 Å². The first-order chi connectivity index (χ1) is 6.22. The summed E-state index contributed by atoms with van der Waals surface area (Å²) in [6.45, 7) is 6.44. The predicted molar refractivity (Wildman–Crippen MR) is 56.3 cm³/mol. The van der Waals surface area contributed by atoms with Gasteiger partial charge in [-0.25, -0.2) is 8.42 Å². The first-order valence-corrected chi connectivity index (χ1v) is 5.97. The molecule has 0 N–H and O–H groups in total. The largest absolute Gasteiger partial charge is 1.00 e. The summed E-state index contributed by atoms with van der Waals surface area (Å²) < 4.78 is 27.2. The molecule has 0 aliphatic carbocycles. The Morgan fingerprint density at radius 1 is 1.07 bits per heavy atom. The number of hydrogen-bond acceptors (Lipinski definition) is 3. The van der Waals surface area contributed by atoms with Crippen LogP contribution in [0.5, 0.6) is 0 Å². The molecule has 0 heterocycles. The van der Waals surface area contributed by atoms with Gasteiger partial charge in [0.05, 0.1) is 10.1 Å². The second kappa shape index (κ2) is 7.41.